The lowest BCUT2D eigenvalue weighted by molar-refractivity contribution is 0.243. The Bertz CT molecular complexity index is 743. The van der Waals surface area contributed by atoms with E-state index in [1.54, 1.807) is 0 Å². The van der Waals surface area contributed by atoms with Gasteiger partial charge in [-0.05, 0) is 56.1 Å². The first-order valence-corrected chi connectivity index (χ1v) is 9.46. The Morgan fingerprint density at radius 2 is 1.69 bits per heavy atom. The van der Waals surface area contributed by atoms with Crippen LogP contribution in [0.5, 0.6) is 0 Å². The van der Waals surface area contributed by atoms with Crippen LogP contribution in [-0.2, 0) is 13.0 Å². The number of para-hydroxylation sites is 1. The van der Waals surface area contributed by atoms with Crippen molar-refractivity contribution in [1.82, 2.24) is 4.90 Å². The van der Waals surface area contributed by atoms with Gasteiger partial charge in [-0.15, -0.1) is 0 Å². The van der Waals surface area contributed by atoms with Crippen LogP contribution in [0.2, 0.25) is 0 Å². The summed E-state index contributed by atoms with van der Waals surface area (Å²) < 4.78 is 0. The molecule has 2 aromatic rings. The van der Waals surface area contributed by atoms with Crippen LogP contribution in [0.3, 0.4) is 0 Å². The second-order valence-electron chi connectivity index (χ2n) is 7.50. The summed E-state index contributed by atoms with van der Waals surface area (Å²) in [5, 5.41) is 9.63. The van der Waals surface area contributed by atoms with E-state index in [4.69, 9.17) is 0 Å². The second-order valence-corrected chi connectivity index (χ2v) is 7.50. The van der Waals surface area contributed by atoms with Crippen LogP contribution >= 0.6 is 0 Å². The maximum absolute atomic E-state index is 9.63. The minimum atomic E-state index is 0.231. The summed E-state index contributed by atoms with van der Waals surface area (Å²) in [5.74, 6) is 0.570. The molecule has 0 saturated carbocycles. The molecule has 0 amide bonds. The fourth-order valence-corrected chi connectivity index (χ4v) is 3.35. The normalized spacial score (nSPS) is 12.2. The molecule has 0 N–H and O–H groups in total. The highest BCUT2D eigenvalue weighted by molar-refractivity contribution is 5.60. The Balaban J connectivity index is 2.48. The van der Waals surface area contributed by atoms with Crippen molar-refractivity contribution in [2.75, 3.05) is 19.0 Å². The Kier molecular flexibility index (Phi) is 7.24. The van der Waals surface area contributed by atoms with Gasteiger partial charge in [-0.1, -0.05) is 57.2 Å². The summed E-state index contributed by atoms with van der Waals surface area (Å²) in [6.07, 6.45) is 2.31. The first kappa shape index (κ1) is 20.0. The molecule has 2 aromatic carbocycles. The predicted molar refractivity (Wildman–Crippen MR) is 110 cm³/mol. The quantitative estimate of drug-likeness (QED) is 0.624. The first-order chi connectivity index (χ1) is 12.5. The van der Waals surface area contributed by atoms with E-state index in [1.165, 1.54) is 11.1 Å². The smallest absolute Gasteiger partial charge is 0.101 e. The van der Waals surface area contributed by atoms with Crippen LogP contribution < -0.4 is 4.90 Å². The monoisotopic (exact) mass is 349 g/mol. The third kappa shape index (κ3) is 5.09. The number of benzene rings is 2. The maximum Gasteiger partial charge on any atom is 0.101 e. The molecule has 0 spiro atoms. The van der Waals surface area contributed by atoms with Gasteiger partial charge in [0.05, 0.1) is 17.4 Å². The molecule has 0 aliphatic rings. The minimum absolute atomic E-state index is 0.231. The lowest BCUT2D eigenvalue weighted by Gasteiger charge is -2.39. The number of anilines is 1. The van der Waals surface area contributed by atoms with E-state index >= 15 is 0 Å². The van der Waals surface area contributed by atoms with Gasteiger partial charge in [-0.25, -0.2) is 0 Å². The van der Waals surface area contributed by atoms with Crippen molar-refractivity contribution in [1.29, 1.82) is 5.26 Å². The zero-order valence-electron chi connectivity index (χ0n) is 16.7. The molecule has 3 heteroatoms. The number of hydrogen-bond donors (Lipinski definition) is 0. The molecule has 1 atom stereocenters. The van der Waals surface area contributed by atoms with E-state index in [1.807, 2.05) is 18.2 Å². The van der Waals surface area contributed by atoms with Crippen molar-refractivity contribution in [3.63, 3.8) is 0 Å². The van der Waals surface area contributed by atoms with E-state index in [2.05, 4.69) is 81.1 Å². The highest BCUT2D eigenvalue weighted by Crippen LogP contribution is 2.28. The van der Waals surface area contributed by atoms with Crippen molar-refractivity contribution >= 4 is 5.69 Å². The van der Waals surface area contributed by atoms with E-state index < -0.39 is 0 Å². The number of hydrogen-bond acceptors (Lipinski definition) is 3. The molecular weight excluding hydrogens is 318 g/mol. The standard InChI is InChI=1S/C23H31N3/c1-6-19-10-9-11-20(15-19)17-26(23(25(4)5)14-18(2)3)22-13-8-7-12-21(22)16-24/h7-13,15,18,23H,6,14,17H2,1-5H3/t23-/m0/s1. The van der Waals surface area contributed by atoms with Crippen molar-refractivity contribution in [3.8, 4) is 6.07 Å². The highest BCUT2D eigenvalue weighted by atomic mass is 15.3. The van der Waals surface area contributed by atoms with Gasteiger partial charge < -0.3 is 4.90 Å². The van der Waals surface area contributed by atoms with Crippen molar-refractivity contribution in [2.45, 2.75) is 46.3 Å². The van der Waals surface area contributed by atoms with Gasteiger partial charge in [0.1, 0.15) is 6.07 Å². The number of rotatable bonds is 8. The summed E-state index contributed by atoms with van der Waals surface area (Å²) in [7, 11) is 4.25. The molecule has 26 heavy (non-hydrogen) atoms. The van der Waals surface area contributed by atoms with Crippen molar-refractivity contribution in [3.05, 3.63) is 65.2 Å². The minimum Gasteiger partial charge on any atom is -0.350 e. The van der Waals surface area contributed by atoms with Crippen LogP contribution in [0.15, 0.2) is 48.5 Å². The lowest BCUT2D eigenvalue weighted by atomic mass is 10.0. The van der Waals surface area contributed by atoms with Gasteiger partial charge in [0.2, 0.25) is 0 Å². The van der Waals surface area contributed by atoms with E-state index in [0.29, 0.717) is 5.92 Å². The molecule has 0 fully saturated rings. The highest BCUT2D eigenvalue weighted by Gasteiger charge is 2.24. The largest absolute Gasteiger partial charge is 0.350 e. The van der Waals surface area contributed by atoms with Gasteiger partial charge in [-0.2, -0.15) is 5.26 Å². The molecule has 0 heterocycles. The lowest BCUT2D eigenvalue weighted by Crippen LogP contribution is -2.46. The molecule has 0 aliphatic carbocycles. The molecule has 0 saturated heterocycles. The zero-order chi connectivity index (χ0) is 19.1. The first-order valence-electron chi connectivity index (χ1n) is 9.46. The summed E-state index contributed by atoms with van der Waals surface area (Å²) in [6, 6.07) is 19.1. The molecule has 0 radical (unpaired) electrons. The van der Waals surface area contributed by atoms with Crippen LogP contribution in [0, 0.1) is 17.2 Å². The fourth-order valence-electron chi connectivity index (χ4n) is 3.35. The molecule has 0 aliphatic heterocycles. The Morgan fingerprint density at radius 1 is 1.00 bits per heavy atom. The summed E-state index contributed by atoms with van der Waals surface area (Å²) in [5.41, 5.74) is 4.37. The number of aryl methyl sites for hydroxylation is 1. The molecular formula is C23H31N3. The van der Waals surface area contributed by atoms with Gasteiger partial charge in [0.15, 0.2) is 0 Å². The topological polar surface area (TPSA) is 30.3 Å². The molecule has 0 unspecified atom stereocenters. The van der Waals surface area contributed by atoms with Crippen LogP contribution in [0.1, 0.15) is 43.9 Å². The Hall–Kier alpha value is -2.31. The van der Waals surface area contributed by atoms with Crippen LogP contribution in [0.4, 0.5) is 5.69 Å². The van der Waals surface area contributed by atoms with Crippen LogP contribution in [0.25, 0.3) is 0 Å². The zero-order valence-corrected chi connectivity index (χ0v) is 16.7. The third-order valence-corrected chi connectivity index (χ3v) is 4.72. The number of nitrogens with zero attached hydrogens (tertiary/aromatic N) is 3. The predicted octanol–water partition coefficient (Wildman–Crippen LogP) is 5.06. The summed E-state index contributed by atoms with van der Waals surface area (Å²) in [6.45, 7) is 7.48. The van der Waals surface area contributed by atoms with Gasteiger partial charge in [-0.3, -0.25) is 4.90 Å². The van der Waals surface area contributed by atoms with Gasteiger partial charge >= 0.3 is 0 Å². The number of nitriles is 1. The average molecular weight is 350 g/mol. The van der Waals surface area contributed by atoms with Crippen molar-refractivity contribution < 1.29 is 0 Å². The SMILES string of the molecule is CCc1cccc(CN(c2ccccc2C#N)[C@@H](CC(C)C)N(C)C)c1. The Morgan fingerprint density at radius 3 is 2.31 bits per heavy atom. The Labute approximate surface area is 158 Å². The van der Waals surface area contributed by atoms with Gasteiger partial charge in [0, 0.05) is 6.54 Å². The average Bonchev–Trinajstić information content (AvgIpc) is 2.64. The van der Waals surface area contributed by atoms with Crippen molar-refractivity contribution in [2.24, 2.45) is 5.92 Å². The third-order valence-electron chi connectivity index (χ3n) is 4.72. The van der Waals surface area contributed by atoms with E-state index in [9.17, 15) is 5.26 Å². The molecule has 3 nitrogen and oxygen atoms in total. The molecule has 0 aromatic heterocycles. The van der Waals surface area contributed by atoms with Gasteiger partial charge in [0.25, 0.3) is 0 Å². The molecule has 2 rings (SSSR count). The summed E-state index contributed by atoms with van der Waals surface area (Å²) in [4.78, 5) is 4.64. The molecule has 138 valence electrons. The van der Waals surface area contributed by atoms with E-state index in [-0.39, 0.29) is 6.17 Å². The van der Waals surface area contributed by atoms with Crippen LogP contribution in [-0.4, -0.2) is 25.2 Å². The fraction of sp³-hybridized carbons (Fsp3) is 0.435. The maximum atomic E-state index is 9.63. The van der Waals surface area contributed by atoms with E-state index in [0.717, 1.165) is 30.6 Å². The molecule has 0 bridgehead atoms. The summed E-state index contributed by atoms with van der Waals surface area (Å²) >= 11 is 0. The second kappa shape index (κ2) is 9.40.